The first-order valence-electron chi connectivity index (χ1n) is 5.65. The molecule has 16 heavy (non-hydrogen) atoms. The highest BCUT2D eigenvalue weighted by atomic mass is 32.2. The van der Waals surface area contributed by atoms with E-state index in [1.165, 1.54) is 0 Å². The molecule has 0 bridgehead atoms. The summed E-state index contributed by atoms with van der Waals surface area (Å²) in [7, 11) is 0. The smallest absolute Gasteiger partial charge is 0.299 e. The predicted molar refractivity (Wildman–Crippen MR) is 59.3 cm³/mol. The van der Waals surface area contributed by atoms with Crippen molar-refractivity contribution < 1.29 is 18.0 Å². The zero-order valence-electron chi connectivity index (χ0n) is 9.35. The van der Waals surface area contributed by atoms with Crippen LogP contribution in [0.1, 0.15) is 39.0 Å². The van der Waals surface area contributed by atoms with Gasteiger partial charge in [-0.2, -0.15) is 13.2 Å². The van der Waals surface area contributed by atoms with Crippen LogP contribution in [0.5, 0.6) is 0 Å². The van der Waals surface area contributed by atoms with Crippen LogP contribution in [0.25, 0.3) is 0 Å². The maximum atomic E-state index is 11.9. The molecule has 0 aliphatic heterocycles. The maximum absolute atomic E-state index is 11.9. The standard InChI is InChI=1S/C11H17F3OS/c1-2-8-3-4-10(15)9(7-8)5-6-16-11(12,13)14/h8-9H,2-7H2,1H3. The summed E-state index contributed by atoms with van der Waals surface area (Å²) in [6.45, 7) is 2.07. The predicted octanol–water partition coefficient (Wildman–Crippen LogP) is 4.02. The van der Waals surface area contributed by atoms with Gasteiger partial charge in [-0.3, -0.25) is 4.79 Å². The lowest BCUT2D eigenvalue weighted by molar-refractivity contribution is -0.125. The average molecular weight is 254 g/mol. The molecule has 1 saturated carbocycles. The van der Waals surface area contributed by atoms with Crippen molar-refractivity contribution in [2.45, 2.75) is 44.5 Å². The second-order valence-corrected chi connectivity index (χ2v) is 5.45. The van der Waals surface area contributed by atoms with E-state index < -0.39 is 5.51 Å². The SMILES string of the molecule is CCC1CCC(=O)C(CCSC(F)(F)F)C1. The first kappa shape index (κ1) is 13.9. The van der Waals surface area contributed by atoms with E-state index in [2.05, 4.69) is 6.92 Å². The highest BCUT2D eigenvalue weighted by molar-refractivity contribution is 8.00. The molecule has 2 unspecified atom stereocenters. The Morgan fingerprint density at radius 1 is 1.44 bits per heavy atom. The van der Waals surface area contributed by atoms with Crippen LogP contribution in [-0.4, -0.2) is 17.0 Å². The van der Waals surface area contributed by atoms with E-state index in [4.69, 9.17) is 0 Å². The fourth-order valence-electron chi connectivity index (χ4n) is 2.17. The van der Waals surface area contributed by atoms with Gasteiger partial charge < -0.3 is 0 Å². The number of carbonyl (C=O) groups excluding carboxylic acids is 1. The van der Waals surface area contributed by atoms with Gasteiger partial charge >= 0.3 is 5.51 Å². The van der Waals surface area contributed by atoms with Crippen LogP contribution in [0.4, 0.5) is 13.2 Å². The maximum Gasteiger partial charge on any atom is 0.441 e. The van der Waals surface area contributed by atoms with Crippen LogP contribution >= 0.6 is 11.8 Å². The van der Waals surface area contributed by atoms with Crippen LogP contribution < -0.4 is 0 Å². The van der Waals surface area contributed by atoms with E-state index in [9.17, 15) is 18.0 Å². The molecular formula is C11H17F3OS. The van der Waals surface area contributed by atoms with E-state index >= 15 is 0 Å². The minimum absolute atomic E-state index is 0.0103. The Balaban J connectivity index is 2.31. The van der Waals surface area contributed by atoms with Gasteiger partial charge in [-0.15, -0.1) is 0 Å². The average Bonchev–Trinajstić information content (AvgIpc) is 2.19. The van der Waals surface area contributed by atoms with Gasteiger partial charge in [0, 0.05) is 18.1 Å². The minimum atomic E-state index is -4.16. The number of hydrogen-bond donors (Lipinski definition) is 0. The number of rotatable bonds is 4. The van der Waals surface area contributed by atoms with Crippen molar-refractivity contribution in [1.29, 1.82) is 0 Å². The molecule has 0 N–H and O–H groups in total. The van der Waals surface area contributed by atoms with Gasteiger partial charge in [0.25, 0.3) is 0 Å². The van der Waals surface area contributed by atoms with E-state index in [0.717, 1.165) is 19.3 Å². The summed E-state index contributed by atoms with van der Waals surface area (Å²) in [6, 6.07) is 0. The third kappa shape index (κ3) is 4.76. The van der Waals surface area contributed by atoms with Crippen LogP contribution in [0.15, 0.2) is 0 Å². The van der Waals surface area contributed by atoms with E-state index in [1.54, 1.807) is 0 Å². The lowest BCUT2D eigenvalue weighted by Gasteiger charge is -2.27. The van der Waals surface area contributed by atoms with Crippen molar-refractivity contribution in [3.8, 4) is 0 Å². The highest BCUT2D eigenvalue weighted by Crippen LogP contribution is 2.35. The van der Waals surface area contributed by atoms with Gasteiger partial charge in [0.05, 0.1) is 0 Å². The summed E-state index contributed by atoms with van der Waals surface area (Å²) >= 11 is -0.0141. The molecule has 0 aromatic carbocycles. The molecule has 1 rings (SSSR count). The second kappa shape index (κ2) is 5.94. The van der Waals surface area contributed by atoms with E-state index in [-0.39, 0.29) is 29.2 Å². The Bertz CT molecular complexity index is 240. The fourth-order valence-corrected chi connectivity index (χ4v) is 2.80. The van der Waals surface area contributed by atoms with Gasteiger partial charge in [-0.05, 0) is 25.2 Å². The van der Waals surface area contributed by atoms with Crippen molar-refractivity contribution in [3.63, 3.8) is 0 Å². The summed E-state index contributed by atoms with van der Waals surface area (Å²) < 4.78 is 35.8. The molecule has 0 saturated heterocycles. The normalized spacial score (nSPS) is 27.1. The molecule has 94 valence electrons. The van der Waals surface area contributed by atoms with Crippen LogP contribution in [0.2, 0.25) is 0 Å². The molecule has 0 heterocycles. The molecule has 0 aromatic rings. The summed E-state index contributed by atoms with van der Waals surface area (Å²) in [5.74, 6) is 0.565. The Morgan fingerprint density at radius 3 is 2.69 bits per heavy atom. The molecule has 1 aliphatic rings. The number of Topliss-reactive ketones (excluding diaryl/α,β-unsaturated/α-hetero) is 1. The number of alkyl halides is 3. The monoisotopic (exact) mass is 254 g/mol. The van der Waals surface area contributed by atoms with Crippen molar-refractivity contribution in [2.24, 2.45) is 11.8 Å². The topological polar surface area (TPSA) is 17.1 Å². The number of ketones is 1. The molecule has 0 spiro atoms. The molecule has 0 radical (unpaired) electrons. The number of halogens is 3. The largest absolute Gasteiger partial charge is 0.441 e. The summed E-state index contributed by atoms with van der Waals surface area (Å²) in [5.41, 5.74) is -4.16. The molecule has 1 aliphatic carbocycles. The summed E-state index contributed by atoms with van der Waals surface area (Å²) in [6.07, 6.45) is 3.65. The van der Waals surface area contributed by atoms with E-state index in [1.807, 2.05) is 0 Å². The third-order valence-electron chi connectivity index (χ3n) is 3.18. The number of carbonyl (C=O) groups is 1. The minimum Gasteiger partial charge on any atom is -0.299 e. The Morgan fingerprint density at radius 2 is 2.12 bits per heavy atom. The zero-order valence-corrected chi connectivity index (χ0v) is 10.2. The van der Waals surface area contributed by atoms with Crippen molar-refractivity contribution >= 4 is 17.5 Å². The van der Waals surface area contributed by atoms with Gasteiger partial charge in [0.15, 0.2) is 0 Å². The van der Waals surface area contributed by atoms with Crippen LogP contribution in [-0.2, 0) is 4.79 Å². The molecular weight excluding hydrogens is 237 g/mol. The van der Waals surface area contributed by atoms with Gasteiger partial charge in [-0.25, -0.2) is 0 Å². The molecule has 5 heteroatoms. The molecule has 0 aromatic heterocycles. The fraction of sp³-hybridized carbons (Fsp3) is 0.909. The van der Waals surface area contributed by atoms with Gasteiger partial charge in [0.2, 0.25) is 0 Å². The number of thioether (sulfide) groups is 1. The van der Waals surface area contributed by atoms with Gasteiger partial charge in [-0.1, -0.05) is 25.1 Å². The second-order valence-electron chi connectivity index (χ2n) is 4.29. The molecule has 0 amide bonds. The van der Waals surface area contributed by atoms with Crippen molar-refractivity contribution in [3.05, 3.63) is 0 Å². The van der Waals surface area contributed by atoms with Crippen LogP contribution in [0.3, 0.4) is 0 Å². The lowest BCUT2D eigenvalue weighted by atomic mass is 9.78. The van der Waals surface area contributed by atoms with Gasteiger partial charge in [0.1, 0.15) is 5.78 Å². The first-order valence-corrected chi connectivity index (χ1v) is 6.64. The van der Waals surface area contributed by atoms with E-state index in [0.29, 0.717) is 18.8 Å². The lowest BCUT2D eigenvalue weighted by Crippen LogP contribution is -2.25. The number of hydrogen-bond acceptors (Lipinski definition) is 2. The third-order valence-corrected chi connectivity index (χ3v) is 3.95. The highest BCUT2D eigenvalue weighted by Gasteiger charge is 2.31. The Labute approximate surface area is 98.2 Å². The zero-order chi connectivity index (χ0) is 12.2. The van der Waals surface area contributed by atoms with Crippen molar-refractivity contribution in [2.75, 3.05) is 5.75 Å². The molecule has 1 fully saturated rings. The Kier molecular flexibility index (Phi) is 5.15. The summed E-state index contributed by atoms with van der Waals surface area (Å²) in [4.78, 5) is 11.5. The van der Waals surface area contributed by atoms with Crippen LogP contribution in [0, 0.1) is 11.8 Å². The first-order chi connectivity index (χ1) is 7.42. The Hall–Kier alpha value is -0.190. The molecule has 2 atom stereocenters. The molecule has 1 nitrogen and oxygen atoms in total. The quantitative estimate of drug-likeness (QED) is 0.753. The summed E-state index contributed by atoms with van der Waals surface area (Å²) in [5, 5.41) is 0. The van der Waals surface area contributed by atoms with Crippen molar-refractivity contribution in [1.82, 2.24) is 0 Å².